The van der Waals surface area contributed by atoms with Crippen LogP contribution in [-0.2, 0) is 22.6 Å². The highest BCUT2D eigenvalue weighted by Gasteiger charge is 2.23. The Morgan fingerprint density at radius 3 is 2.19 bits per heavy atom. The van der Waals surface area contributed by atoms with Gasteiger partial charge in [0.2, 0.25) is 11.8 Å². The molecule has 356 valence electrons. The average molecular weight is 1060 g/mol. The van der Waals surface area contributed by atoms with Gasteiger partial charge in [0.15, 0.2) is 0 Å². The number of ether oxygens (including phenoxy) is 1. The predicted octanol–water partition coefficient (Wildman–Crippen LogP) is 10.7. The lowest BCUT2D eigenvalue weighted by molar-refractivity contribution is -0.121. The fourth-order valence-electron chi connectivity index (χ4n) is 8.72. The molecule has 0 spiro atoms. The van der Waals surface area contributed by atoms with E-state index in [0.29, 0.717) is 96.7 Å². The zero-order chi connectivity index (χ0) is 48.4. The second-order valence-electron chi connectivity index (χ2n) is 17.2. The van der Waals surface area contributed by atoms with Crippen molar-refractivity contribution in [1.82, 2.24) is 15.2 Å². The maximum absolute atomic E-state index is 12.9. The fraction of sp³-hybridized carbons (Fsp3) is 0.259. The number of rotatable bonds is 22. The van der Waals surface area contributed by atoms with Crippen molar-refractivity contribution in [2.24, 2.45) is 0 Å². The number of carboxylic acids is 1. The van der Waals surface area contributed by atoms with E-state index in [-0.39, 0.29) is 29.2 Å². The fourth-order valence-corrected chi connectivity index (χ4v) is 9.44. The van der Waals surface area contributed by atoms with E-state index in [1.807, 2.05) is 36.4 Å². The van der Waals surface area contributed by atoms with Crippen LogP contribution in [0.15, 0.2) is 129 Å². The van der Waals surface area contributed by atoms with Crippen LogP contribution < -0.4 is 31.8 Å². The van der Waals surface area contributed by atoms with E-state index in [1.54, 1.807) is 48.5 Å². The summed E-state index contributed by atoms with van der Waals surface area (Å²) in [4.78, 5) is 37.9. The third-order valence-electron chi connectivity index (χ3n) is 12.1. The Kier molecular flexibility index (Phi) is 16.0. The highest BCUT2D eigenvalue weighted by Crippen LogP contribution is 2.42. The van der Waals surface area contributed by atoms with Crippen LogP contribution in [0.25, 0.3) is 55.2 Å². The molecule has 1 aromatic heterocycles. The lowest BCUT2D eigenvalue weighted by Gasteiger charge is -2.17. The van der Waals surface area contributed by atoms with Crippen LogP contribution in [0.2, 0.25) is 0 Å². The van der Waals surface area contributed by atoms with E-state index >= 15 is 0 Å². The van der Waals surface area contributed by atoms with Crippen molar-refractivity contribution in [2.45, 2.75) is 64.0 Å². The zero-order valence-electron chi connectivity index (χ0n) is 38.0. The minimum Gasteiger partial charge on any atom is -0.494 e. The summed E-state index contributed by atoms with van der Waals surface area (Å²) >= 11 is 7.19. The Morgan fingerprint density at radius 2 is 1.45 bits per heavy atom. The Bertz CT molecular complexity index is 3130. The van der Waals surface area contributed by atoms with Gasteiger partial charge in [-0.05, 0) is 122 Å². The minimum absolute atomic E-state index is 0.00937. The van der Waals surface area contributed by atoms with Crippen molar-refractivity contribution in [3.8, 4) is 28.2 Å². The van der Waals surface area contributed by atoms with Crippen molar-refractivity contribution in [1.29, 1.82) is 5.41 Å². The van der Waals surface area contributed by atoms with Crippen molar-refractivity contribution in [2.75, 3.05) is 37.3 Å². The molecule has 0 bridgehead atoms. The van der Waals surface area contributed by atoms with Crippen molar-refractivity contribution in [3.63, 3.8) is 0 Å². The normalized spacial score (nSPS) is 11.9. The Hall–Kier alpha value is -6.68. The molecule has 69 heavy (non-hydrogen) atoms. The third-order valence-corrected chi connectivity index (χ3v) is 13.1. The second kappa shape index (κ2) is 22.6. The van der Waals surface area contributed by atoms with Gasteiger partial charge >= 0.3 is 5.97 Å². The number of fused-ring (bicyclic) bond motifs is 5. The first-order chi connectivity index (χ1) is 33.4. The SMILES string of the molecule is N=c1ccc2c(-c3ccc(CC(=O)NCCCCCC(=O)NCCCCCOc4cccc(NCC(O)Cn5c6ccc(Br)cc6c6cc(Br)ccc65)c4)cc3C(=O)O)c3ccc(N)cc3oc-2c1. The molecule has 8 rings (SSSR count). The summed E-state index contributed by atoms with van der Waals surface area (Å²) in [6.45, 7) is 2.41. The Balaban J connectivity index is 0.694. The molecule has 0 saturated heterocycles. The van der Waals surface area contributed by atoms with Gasteiger partial charge in [-0.1, -0.05) is 56.5 Å². The van der Waals surface area contributed by atoms with E-state index in [9.17, 15) is 24.6 Å². The number of aliphatic hydroxyl groups excluding tert-OH is 1. The number of amides is 2. The number of nitrogen functional groups attached to an aromatic ring is 1. The number of aromatic nitrogens is 1. The van der Waals surface area contributed by atoms with Crippen LogP contribution in [0.5, 0.6) is 5.75 Å². The van der Waals surface area contributed by atoms with Crippen LogP contribution in [0.4, 0.5) is 11.4 Å². The molecule has 2 amide bonds. The molecule has 0 fully saturated rings. The molecule has 1 unspecified atom stereocenters. The average Bonchev–Trinajstić information content (AvgIpc) is 3.61. The van der Waals surface area contributed by atoms with E-state index in [4.69, 9.17) is 20.3 Å². The molecule has 0 saturated carbocycles. The summed E-state index contributed by atoms with van der Waals surface area (Å²) in [7, 11) is 0. The van der Waals surface area contributed by atoms with Gasteiger partial charge in [0.05, 0.1) is 36.6 Å². The van der Waals surface area contributed by atoms with Crippen molar-refractivity contribution in [3.05, 3.63) is 141 Å². The molecular weight excluding hydrogens is 1000 g/mol. The number of aliphatic hydroxyl groups is 1. The Labute approximate surface area is 416 Å². The van der Waals surface area contributed by atoms with Gasteiger partial charge < -0.3 is 51.0 Å². The van der Waals surface area contributed by atoms with E-state index in [0.717, 1.165) is 67.9 Å². The van der Waals surface area contributed by atoms with Crippen molar-refractivity contribution >= 4 is 93.8 Å². The van der Waals surface area contributed by atoms with Gasteiger partial charge in [0.1, 0.15) is 17.1 Å². The molecule has 0 radical (unpaired) electrons. The number of nitrogens with two attached hydrogens (primary N) is 1. The maximum atomic E-state index is 12.9. The van der Waals surface area contributed by atoms with E-state index < -0.39 is 12.1 Å². The molecule has 1 aliphatic heterocycles. The first-order valence-corrected chi connectivity index (χ1v) is 24.7. The number of carbonyl (C=O) groups is 3. The number of anilines is 2. The third kappa shape index (κ3) is 12.3. The number of halogens is 2. The van der Waals surface area contributed by atoms with Crippen LogP contribution in [0.3, 0.4) is 0 Å². The van der Waals surface area contributed by atoms with E-state index in [1.165, 1.54) is 6.07 Å². The number of unbranched alkanes of at least 4 members (excludes halogenated alkanes) is 4. The molecule has 1 aliphatic carbocycles. The number of aromatic carboxylic acids is 1. The predicted molar refractivity (Wildman–Crippen MR) is 279 cm³/mol. The van der Waals surface area contributed by atoms with Crippen LogP contribution in [0.1, 0.15) is 60.9 Å². The number of benzene rings is 6. The lowest BCUT2D eigenvalue weighted by atomic mass is 9.89. The van der Waals surface area contributed by atoms with Crippen LogP contribution >= 0.6 is 31.9 Å². The number of hydrogen-bond acceptors (Lipinski definition) is 9. The smallest absolute Gasteiger partial charge is 0.336 e. The number of carbonyl (C=O) groups excluding carboxylic acids is 2. The molecule has 2 heterocycles. The van der Waals surface area contributed by atoms with Gasteiger partial charge in [-0.3, -0.25) is 9.59 Å². The lowest BCUT2D eigenvalue weighted by Crippen LogP contribution is -2.26. The van der Waals surface area contributed by atoms with Gasteiger partial charge in [0, 0.05) is 103 Å². The van der Waals surface area contributed by atoms with Crippen LogP contribution in [-0.4, -0.2) is 64.9 Å². The standard InChI is InChI=1S/C54H54Br2N6O7/c55-34-12-19-47-44(26-34)45-27-35(56)13-20-48(45)62(47)32-39(63)31-61-38-8-7-9-40(30-38)68-23-6-2-5-21-59-51(64)10-3-1-4-22-60-52(65)25-33-11-16-41(46(24-33)54(66)67)53-42-17-14-36(57)28-49(42)69-50-29-37(58)15-18-43(50)53/h7-9,11-20,24,26-30,39,57,61,63H,1-6,10,21-23,25,31-32,58H2,(H,59,64)(H,60,65)(H,66,67). The molecule has 13 nitrogen and oxygen atoms in total. The maximum Gasteiger partial charge on any atom is 0.336 e. The Morgan fingerprint density at radius 1 is 0.739 bits per heavy atom. The number of nitrogens with zero attached hydrogens (tertiary/aromatic N) is 1. The molecule has 1 atom stereocenters. The number of carboxylic acid groups (broad SMARTS) is 1. The minimum atomic E-state index is -1.13. The molecular formula is C54H54Br2N6O7. The van der Waals surface area contributed by atoms with Gasteiger partial charge in [0.25, 0.3) is 0 Å². The second-order valence-corrected chi connectivity index (χ2v) is 19.1. The molecule has 8 N–H and O–H groups in total. The molecule has 5 aromatic carbocycles. The van der Waals surface area contributed by atoms with Gasteiger partial charge in [-0.15, -0.1) is 0 Å². The molecule has 6 aromatic rings. The van der Waals surface area contributed by atoms with Crippen molar-refractivity contribution < 1.29 is 33.8 Å². The molecule has 2 aliphatic rings. The largest absolute Gasteiger partial charge is 0.494 e. The summed E-state index contributed by atoms with van der Waals surface area (Å²) in [6, 6.07) is 35.3. The summed E-state index contributed by atoms with van der Waals surface area (Å²) in [5, 5.41) is 41.9. The number of hydrogen-bond donors (Lipinski definition) is 7. The highest BCUT2D eigenvalue weighted by molar-refractivity contribution is 9.10. The quantitative estimate of drug-likeness (QED) is 0.0196. The van der Waals surface area contributed by atoms with Gasteiger partial charge in [-0.25, -0.2) is 4.79 Å². The van der Waals surface area contributed by atoms with Gasteiger partial charge in [-0.2, -0.15) is 0 Å². The first-order valence-electron chi connectivity index (χ1n) is 23.1. The summed E-state index contributed by atoms with van der Waals surface area (Å²) in [6.07, 6.45) is 4.59. The summed E-state index contributed by atoms with van der Waals surface area (Å²) in [5.41, 5.74) is 12.4. The topological polar surface area (TPSA) is 205 Å². The highest BCUT2D eigenvalue weighted by atomic mass is 79.9. The van der Waals surface area contributed by atoms with E-state index in [2.05, 4.69) is 76.6 Å². The van der Waals surface area contributed by atoms with Crippen LogP contribution in [0, 0.1) is 5.41 Å². The monoisotopic (exact) mass is 1060 g/mol. The first kappa shape index (κ1) is 48.8. The zero-order valence-corrected chi connectivity index (χ0v) is 41.1. The summed E-state index contributed by atoms with van der Waals surface area (Å²) < 4.78 is 16.3. The molecule has 15 heteroatoms. The number of nitrogens with one attached hydrogen (secondary N) is 4. The summed E-state index contributed by atoms with van der Waals surface area (Å²) in [5.74, 6) is -0.156.